The summed E-state index contributed by atoms with van der Waals surface area (Å²) in [5.41, 5.74) is -1.20. The van der Waals surface area contributed by atoms with Crippen LogP contribution >= 0.6 is 0 Å². The zero-order valence-corrected chi connectivity index (χ0v) is 8.17. The first-order valence-corrected chi connectivity index (χ1v) is 4.46. The van der Waals surface area contributed by atoms with Gasteiger partial charge in [0.15, 0.2) is 0 Å². The summed E-state index contributed by atoms with van der Waals surface area (Å²) in [5, 5.41) is 19.2. The number of nitrogens with zero attached hydrogens (tertiary/aromatic N) is 1. The van der Waals surface area contributed by atoms with Crippen LogP contribution < -0.4 is 0 Å². The van der Waals surface area contributed by atoms with Crippen LogP contribution in [0.4, 0.5) is 0 Å². The predicted molar refractivity (Wildman–Crippen MR) is 48.0 cm³/mol. The average Bonchev–Trinajstić information content (AvgIpc) is 2.05. The molecular formula is C9H19NO2. The number of aliphatic hydroxyl groups is 2. The molecule has 2 N–H and O–H groups in total. The molecule has 0 amide bonds. The van der Waals surface area contributed by atoms with Crippen LogP contribution in [0.1, 0.15) is 27.2 Å². The number of hydrogen-bond acceptors (Lipinski definition) is 3. The van der Waals surface area contributed by atoms with E-state index >= 15 is 0 Å². The van der Waals surface area contributed by atoms with Crippen molar-refractivity contribution in [3.05, 3.63) is 0 Å². The maximum Gasteiger partial charge on any atom is 0.0758 e. The second-order valence-electron chi connectivity index (χ2n) is 4.77. The molecule has 0 aliphatic carbocycles. The van der Waals surface area contributed by atoms with Gasteiger partial charge in [-0.25, -0.2) is 0 Å². The van der Waals surface area contributed by atoms with E-state index in [0.29, 0.717) is 13.1 Å². The van der Waals surface area contributed by atoms with Gasteiger partial charge in [-0.05, 0) is 27.2 Å². The molecule has 0 aromatic carbocycles. The Morgan fingerprint density at radius 2 is 2.08 bits per heavy atom. The lowest BCUT2D eigenvalue weighted by Gasteiger charge is -2.25. The van der Waals surface area contributed by atoms with Crippen molar-refractivity contribution >= 4 is 0 Å². The Morgan fingerprint density at radius 1 is 1.50 bits per heavy atom. The third-order valence-corrected chi connectivity index (χ3v) is 2.14. The Balaban J connectivity index is 2.39. The minimum atomic E-state index is -0.652. The van der Waals surface area contributed by atoms with E-state index in [2.05, 4.69) is 4.90 Å². The Kier molecular flexibility index (Phi) is 2.47. The minimum absolute atomic E-state index is 0.550. The fourth-order valence-electron chi connectivity index (χ4n) is 1.72. The summed E-state index contributed by atoms with van der Waals surface area (Å²) in [6.07, 6.45) is 0.809. The molecule has 0 spiro atoms. The highest BCUT2D eigenvalue weighted by Crippen LogP contribution is 2.21. The van der Waals surface area contributed by atoms with Gasteiger partial charge in [0.05, 0.1) is 11.2 Å². The van der Waals surface area contributed by atoms with Crippen molar-refractivity contribution < 1.29 is 10.2 Å². The standard InChI is InChI=1S/C9H19NO2/c1-8(2,11)6-10-5-4-9(3,12)7-10/h11-12H,4-7H2,1-3H3. The second-order valence-corrected chi connectivity index (χ2v) is 4.77. The first-order valence-electron chi connectivity index (χ1n) is 4.46. The zero-order chi connectivity index (χ0) is 9.41. The first kappa shape index (κ1) is 9.96. The van der Waals surface area contributed by atoms with Gasteiger partial charge in [-0.15, -0.1) is 0 Å². The molecule has 0 radical (unpaired) electrons. The maximum atomic E-state index is 9.64. The van der Waals surface area contributed by atoms with Gasteiger partial charge in [0.25, 0.3) is 0 Å². The van der Waals surface area contributed by atoms with Crippen molar-refractivity contribution in [3.8, 4) is 0 Å². The summed E-state index contributed by atoms with van der Waals surface area (Å²) in [6.45, 7) is 7.63. The highest BCUT2D eigenvalue weighted by molar-refractivity contribution is 4.88. The normalized spacial score (nSPS) is 32.8. The van der Waals surface area contributed by atoms with Crippen molar-refractivity contribution in [2.24, 2.45) is 0 Å². The molecule has 12 heavy (non-hydrogen) atoms. The van der Waals surface area contributed by atoms with Crippen molar-refractivity contribution in [3.63, 3.8) is 0 Å². The summed E-state index contributed by atoms with van der Waals surface area (Å²) in [5.74, 6) is 0. The van der Waals surface area contributed by atoms with Gasteiger partial charge in [0.1, 0.15) is 0 Å². The molecule has 1 aliphatic heterocycles. The number of rotatable bonds is 2. The van der Waals surface area contributed by atoms with Gasteiger partial charge in [-0.1, -0.05) is 0 Å². The monoisotopic (exact) mass is 173 g/mol. The number of hydrogen-bond donors (Lipinski definition) is 2. The molecule has 0 saturated carbocycles. The second kappa shape index (κ2) is 2.98. The Hall–Kier alpha value is -0.120. The van der Waals surface area contributed by atoms with Crippen LogP contribution in [0, 0.1) is 0 Å². The van der Waals surface area contributed by atoms with Crippen molar-refractivity contribution in [2.45, 2.75) is 38.4 Å². The molecule has 0 aromatic heterocycles. The molecule has 3 heteroatoms. The van der Waals surface area contributed by atoms with Gasteiger partial charge in [-0.3, -0.25) is 4.90 Å². The van der Waals surface area contributed by atoms with E-state index in [9.17, 15) is 10.2 Å². The molecule has 1 heterocycles. The molecule has 1 fully saturated rings. The largest absolute Gasteiger partial charge is 0.389 e. The van der Waals surface area contributed by atoms with E-state index in [1.165, 1.54) is 0 Å². The Morgan fingerprint density at radius 3 is 2.42 bits per heavy atom. The van der Waals surface area contributed by atoms with E-state index in [0.717, 1.165) is 13.0 Å². The van der Waals surface area contributed by atoms with E-state index < -0.39 is 11.2 Å². The summed E-state index contributed by atoms with van der Waals surface area (Å²) in [6, 6.07) is 0. The van der Waals surface area contributed by atoms with Gasteiger partial charge in [0, 0.05) is 19.6 Å². The van der Waals surface area contributed by atoms with Crippen LogP contribution in [0.2, 0.25) is 0 Å². The topological polar surface area (TPSA) is 43.7 Å². The van der Waals surface area contributed by atoms with Crippen molar-refractivity contribution in [1.82, 2.24) is 4.90 Å². The van der Waals surface area contributed by atoms with E-state index in [-0.39, 0.29) is 0 Å². The lowest BCUT2D eigenvalue weighted by atomic mass is 10.1. The van der Waals surface area contributed by atoms with Crippen LogP contribution in [0.15, 0.2) is 0 Å². The molecule has 0 bridgehead atoms. The zero-order valence-electron chi connectivity index (χ0n) is 8.17. The molecule has 72 valence electrons. The van der Waals surface area contributed by atoms with Gasteiger partial charge in [0.2, 0.25) is 0 Å². The van der Waals surface area contributed by atoms with Gasteiger partial charge in [-0.2, -0.15) is 0 Å². The Bertz CT molecular complexity index is 160. The van der Waals surface area contributed by atoms with Crippen molar-refractivity contribution in [1.29, 1.82) is 0 Å². The van der Waals surface area contributed by atoms with E-state index in [1.54, 1.807) is 13.8 Å². The van der Waals surface area contributed by atoms with E-state index in [4.69, 9.17) is 0 Å². The number of likely N-dealkylation sites (tertiary alicyclic amines) is 1. The van der Waals surface area contributed by atoms with Crippen LogP contribution in [0.25, 0.3) is 0 Å². The highest BCUT2D eigenvalue weighted by Gasteiger charge is 2.33. The molecular weight excluding hydrogens is 154 g/mol. The first-order chi connectivity index (χ1) is 5.29. The molecule has 1 saturated heterocycles. The quantitative estimate of drug-likeness (QED) is 0.627. The number of β-amino-alcohol motifs (C(OH)–C–C–N with tert-alkyl or cyclic N) is 2. The summed E-state index contributed by atoms with van der Waals surface area (Å²) >= 11 is 0. The molecule has 0 aromatic rings. The summed E-state index contributed by atoms with van der Waals surface area (Å²) in [7, 11) is 0. The third-order valence-electron chi connectivity index (χ3n) is 2.14. The van der Waals surface area contributed by atoms with Crippen LogP contribution in [-0.4, -0.2) is 45.9 Å². The summed E-state index contributed by atoms with van der Waals surface area (Å²) < 4.78 is 0. The average molecular weight is 173 g/mol. The van der Waals surface area contributed by atoms with Gasteiger partial charge < -0.3 is 10.2 Å². The molecule has 1 aliphatic rings. The minimum Gasteiger partial charge on any atom is -0.389 e. The van der Waals surface area contributed by atoms with E-state index in [1.807, 2.05) is 6.92 Å². The third kappa shape index (κ3) is 3.09. The molecule has 1 atom stereocenters. The van der Waals surface area contributed by atoms with Crippen LogP contribution in [0.3, 0.4) is 0 Å². The SMILES string of the molecule is CC(C)(O)CN1CCC(C)(O)C1. The Labute approximate surface area is 74.0 Å². The highest BCUT2D eigenvalue weighted by atomic mass is 16.3. The lowest BCUT2D eigenvalue weighted by Crippen LogP contribution is -2.39. The molecule has 1 unspecified atom stereocenters. The molecule has 3 nitrogen and oxygen atoms in total. The summed E-state index contributed by atoms with van der Waals surface area (Å²) in [4.78, 5) is 2.10. The van der Waals surface area contributed by atoms with Crippen LogP contribution in [0.5, 0.6) is 0 Å². The smallest absolute Gasteiger partial charge is 0.0758 e. The maximum absolute atomic E-state index is 9.64. The van der Waals surface area contributed by atoms with Gasteiger partial charge >= 0.3 is 0 Å². The lowest BCUT2D eigenvalue weighted by molar-refractivity contribution is 0.0262. The fraction of sp³-hybridized carbons (Fsp3) is 1.00. The predicted octanol–water partition coefficient (Wildman–Crippen LogP) is 0.214. The molecule has 1 rings (SSSR count). The fourth-order valence-corrected chi connectivity index (χ4v) is 1.72. The van der Waals surface area contributed by atoms with Crippen molar-refractivity contribution in [2.75, 3.05) is 19.6 Å². The van der Waals surface area contributed by atoms with Crippen LogP contribution in [-0.2, 0) is 0 Å².